The number of hydrogen-bond acceptors (Lipinski definition) is 6. The molecule has 0 aliphatic carbocycles. The molecule has 0 radical (unpaired) electrons. The van der Waals surface area contributed by atoms with Crippen molar-refractivity contribution in [3.63, 3.8) is 0 Å². The van der Waals surface area contributed by atoms with E-state index in [9.17, 15) is 13.2 Å². The molecule has 1 aromatic heterocycles. The zero-order valence-corrected chi connectivity index (χ0v) is 18.4. The van der Waals surface area contributed by atoms with Crippen molar-refractivity contribution in [1.82, 2.24) is 14.6 Å². The lowest BCUT2D eigenvalue weighted by atomic mass is 10.1. The summed E-state index contributed by atoms with van der Waals surface area (Å²) in [6.07, 6.45) is 0. The predicted octanol–water partition coefficient (Wildman–Crippen LogP) is 1.60. The first-order chi connectivity index (χ1) is 14.3. The highest BCUT2D eigenvalue weighted by Crippen LogP contribution is 2.28. The van der Waals surface area contributed by atoms with Gasteiger partial charge in [-0.15, -0.1) is 0 Å². The van der Waals surface area contributed by atoms with Crippen LogP contribution in [0.5, 0.6) is 11.5 Å². The van der Waals surface area contributed by atoms with Crippen LogP contribution in [-0.2, 0) is 21.3 Å². The molecule has 164 valence electrons. The molecule has 10 heteroatoms. The standard InChI is InChI=1S/C20H27N3O6S/c1-13-18(20(24)21-12-15-11-16(27-3)5-6-17(15)28-4)22-14(2)19(13)30(25,26)23-7-9-29-10-8-23/h5-6,11,22H,7-10,12H2,1-4H3,(H,21,24). The topological polar surface area (TPSA) is 110 Å². The molecule has 0 spiro atoms. The fraction of sp³-hybridized carbons (Fsp3) is 0.450. The second-order valence-corrected chi connectivity index (χ2v) is 8.83. The number of carbonyl (C=O) groups is 1. The van der Waals surface area contributed by atoms with Crippen molar-refractivity contribution in [1.29, 1.82) is 0 Å². The number of ether oxygens (including phenoxy) is 3. The van der Waals surface area contributed by atoms with Crippen molar-refractivity contribution in [2.24, 2.45) is 0 Å². The number of nitrogens with one attached hydrogen (secondary N) is 2. The largest absolute Gasteiger partial charge is 0.497 e. The van der Waals surface area contributed by atoms with Gasteiger partial charge in [0.2, 0.25) is 10.0 Å². The van der Waals surface area contributed by atoms with Gasteiger partial charge >= 0.3 is 0 Å². The normalized spacial score (nSPS) is 15.1. The minimum absolute atomic E-state index is 0.147. The van der Waals surface area contributed by atoms with E-state index in [4.69, 9.17) is 14.2 Å². The van der Waals surface area contributed by atoms with Crippen LogP contribution in [0.3, 0.4) is 0 Å². The third-order valence-electron chi connectivity index (χ3n) is 5.09. The molecule has 9 nitrogen and oxygen atoms in total. The fourth-order valence-corrected chi connectivity index (χ4v) is 5.36. The Balaban J connectivity index is 1.82. The molecule has 0 bridgehead atoms. The molecule has 2 aromatic rings. The fourth-order valence-electron chi connectivity index (χ4n) is 3.55. The smallest absolute Gasteiger partial charge is 0.268 e. The molecule has 1 saturated heterocycles. The van der Waals surface area contributed by atoms with Gasteiger partial charge < -0.3 is 24.5 Å². The molecule has 2 heterocycles. The van der Waals surface area contributed by atoms with Gasteiger partial charge in [-0.25, -0.2) is 8.42 Å². The third-order valence-corrected chi connectivity index (χ3v) is 7.26. The molecule has 1 aliphatic heterocycles. The lowest BCUT2D eigenvalue weighted by molar-refractivity contribution is 0.0730. The maximum Gasteiger partial charge on any atom is 0.268 e. The van der Waals surface area contributed by atoms with E-state index in [2.05, 4.69) is 10.3 Å². The number of morpholine rings is 1. The van der Waals surface area contributed by atoms with Crippen LogP contribution in [0.25, 0.3) is 0 Å². The van der Waals surface area contributed by atoms with Crippen molar-refractivity contribution in [3.05, 3.63) is 40.7 Å². The lowest BCUT2D eigenvalue weighted by Crippen LogP contribution is -2.41. The Kier molecular flexibility index (Phi) is 6.69. The lowest BCUT2D eigenvalue weighted by Gasteiger charge is -2.26. The number of benzene rings is 1. The molecule has 3 rings (SSSR count). The SMILES string of the molecule is COc1ccc(OC)c(CNC(=O)c2[nH]c(C)c(S(=O)(=O)N3CCOCC3)c2C)c1. The minimum Gasteiger partial charge on any atom is -0.497 e. The van der Waals surface area contributed by atoms with E-state index < -0.39 is 15.9 Å². The summed E-state index contributed by atoms with van der Waals surface area (Å²) in [6, 6.07) is 5.31. The van der Waals surface area contributed by atoms with E-state index in [-0.39, 0.29) is 17.1 Å². The van der Waals surface area contributed by atoms with Crippen LogP contribution in [-0.4, -0.2) is 64.1 Å². The second kappa shape index (κ2) is 9.07. The minimum atomic E-state index is -3.72. The van der Waals surface area contributed by atoms with Gasteiger partial charge in [-0.05, 0) is 37.6 Å². The van der Waals surface area contributed by atoms with Crippen molar-refractivity contribution >= 4 is 15.9 Å². The Morgan fingerprint density at radius 2 is 1.90 bits per heavy atom. The Labute approximate surface area is 176 Å². The van der Waals surface area contributed by atoms with Gasteiger partial charge in [-0.3, -0.25) is 4.79 Å². The van der Waals surface area contributed by atoms with Gasteiger partial charge in [0.05, 0.1) is 27.4 Å². The van der Waals surface area contributed by atoms with Gasteiger partial charge in [0.1, 0.15) is 22.1 Å². The molecule has 1 fully saturated rings. The average molecular weight is 438 g/mol. The van der Waals surface area contributed by atoms with Crippen LogP contribution in [0.1, 0.15) is 27.3 Å². The number of carbonyl (C=O) groups excluding carboxylic acids is 1. The highest BCUT2D eigenvalue weighted by molar-refractivity contribution is 7.89. The van der Waals surface area contributed by atoms with Crippen molar-refractivity contribution in [2.45, 2.75) is 25.3 Å². The summed E-state index contributed by atoms with van der Waals surface area (Å²) >= 11 is 0. The van der Waals surface area contributed by atoms with Gasteiger partial charge in [-0.2, -0.15) is 4.31 Å². The molecule has 1 amide bonds. The molecule has 0 atom stereocenters. The Morgan fingerprint density at radius 3 is 2.53 bits per heavy atom. The van der Waals surface area contributed by atoms with Crippen LogP contribution < -0.4 is 14.8 Å². The van der Waals surface area contributed by atoms with E-state index in [0.29, 0.717) is 49.1 Å². The van der Waals surface area contributed by atoms with Crippen LogP contribution in [0.4, 0.5) is 0 Å². The molecule has 0 unspecified atom stereocenters. The van der Waals surface area contributed by atoms with E-state index in [1.54, 1.807) is 46.3 Å². The van der Waals surface area contributed by atoms with E-state index in [1.807, 2.05) is 0 Å². The number of aromatic amines is 1. The van der Waals surface area contributed by atoms with Crippen LogP contribution >= 0.6 is 0 Å². The summed E-state index contributed by atoms with van der Waals surface area (Å²) in [5.74, 6) is 0.862. The highest BCUT2D eigenvalue weighted by atomic mass is 32.2. The number of amides is 1. The zero-order chi connectivity index (χ0) is 21.9. The number of sulfonamides is 1. The number of methoxy groups -OCH3 is 2. The Morgan fingerprint density at radius 1 is 1.20 bits per heavy atom. The molecule has 30 heavy (non-hydrogen) atoms. The zero-order valence-electron chi connectivity index (χ0n) is 17.6. The average Bonchev–Trinajstić information content (AvgIpc) is 3.06. The summed E-state index contributed by atoms with van der Waals surface area (Å²) in [7, 11) is -0.606. The maximum absolute atomic E-state index is 13.1. The number of aromatic nitrogens is 1. The van der Waals surface area contributed by atoms with Crippen molar-refractivity contribution in [3.8, 4) is 11.5 Å². The van der Waals surface area contributed by atoms with Crippen LogP contribution in [0.2, 0.25) is 0 Å². The summed E-state index contributed by atoms with van der Waals surface area (Å²) in [5, 5.41) is 2.82. The molecular weight excluding hydrogens is 410 g/mol. The van der Waals surface area contributed by atoms with Gasteiger partial charge in [-0.1, -0.05) is 0 Å². The molecule has 0 saturated carbocycles. The number of H-pyrrole nitrogens is 1. The monoisotopic (exact) mass is 437 g/mol. The molecular formula is C20H27N3O6S. The van der Waals surface area contributed by atoms with E-state index >= 15 is 0 Å². The van der Waals surface area contributed by atoms with Crippen molar-refractivity contribution < 1.29 is 27.4 Å². The number of nitrogens with zero attached hydrogens (tertiary/aromatic N) is 1. The van der Waals surface area contributed by atoms with Gasteiger partial charge in [0.15, 0.2) is 0 Å². The van der Waals surface area contributed by atoms with E-state index in [1.165, 1.54) is 4.31 Å². The summed E-state index contributed by atoms with van der Waals surface area (Å²) in [4.78, 5) is 15.9. The second-order valence-electron chi connectivity index (χ2n) is 6.96. The number of aryl methyl sites for hydroxylation is 1. The first-order valence-corrected chi connectivity index (χ1v) is 11.0. The Bertz CT molecular complexity index is 1030. The number of hydrogen-bond donors (Lipinski definition) is 2. The van der Waals surface area contributed by atoms with E-state index in [0.717, 1.165) is 5.56 Å². The molecule has 1 aromatic carbocycles. The van der Waals surface area contributed by atoms with Gasteiger partial charge in [0.25, 0.3) is 5.91 Å². The van der Waals surface area contributed by atoms with Crippen LogP contribution in [0.15, 0.2) is 23.1 Å². The van der Waals surface area contributed by atoms with Gasteiger partial charge in [0, 0.05) is 30.9 Å². The molecule has 2 N–H and O–H groups in total. The summed E-state index contributed by atoms with van der Waals surface area (Å²) in [6.45, 7) is 4.80. The molecule has 1 aliphatic rings. The Hall–Kier alpha value is -2.56. The summed E-state index contributed by atoms with van der Waals surface area (Å²) < 4.78 is 43.4. The third kappa shape index (κ3) is 4.30. The predicted molar refractivity (Wildman–Crippen MR) is 111 cm³/mol. The number of rotatable bonds is 7. The maximum atomic E-state index is 13.1. The summed E-state index contributed by atoms with van der Waals surface area (Å²) in [5.41, 5.74) is 1.80. The van der Waals surface area contributed by atoms with Crippen molar-refractivity contribution in [2.75, 3.05) is 40.5 Å². The van der Waals surface area contributed by atoms with Crippen LogP contribution in [0, 0.1) is 13.8 Å². The quantitative estimate of drug-likeness (QED) is 0.681. The first-order valence-electron chi connectivity index (χ1n) is 9.55. The first kappa shape index (κ1) is 22.1. The highest BCUT2D eigenvalue weighted by Gasteiger charge is 2.32.